The number of ether oxygens (including phenoxy) is 1. The molecule has 5 heteroatoms. The number of benzene rings is 1. The Labute approximate surface area is 136 Å². The summed E-state index contributed by atoms with van der Waals surface area (Å²) in [5.74, 6) is -0.468. The average molecular weight is 325 g/mol. The van der Waals surface area contributed by atoms with Gasteiger partial charge in [-0.2, -0.15) is 0 Å². The molecular weight excluding hydrogens is 298 g/mol. The van der Waals surface area contributed by atoms with Crippen molar-refractivity contribution in [2.24, 2.45) is 5.92 Å². The Balaban J connectivity index is 2.80. The van der Waals surface area contributed by atoms with Crippen LogP contribution in [0.1, 0.15) is 39.7 Å². The highest BCUT2D eigenvalue weighted by Gasteiger charge is 2.26. The van der Waals surface area contributed by atoms with Crippen LogP contribution in [0.15, 0.2) is 30.3 Å². The van der Waals surface area contributed by atoms with Crippen LogP contribution in [0.3, 0.4) is 0 Å². The van der Waals surface area contributed by atoms with Crippen molar-refractivity contribution in [3.05, 3.63) is 35.9 Å². The van der Waals surface area contributed by atoms with Crippen molar-refractivity contribution in [3.8, 4) is 0 Å². The zero-order chi connectivity index (χ0) is 16.8. The van der Waals surface area contributed by atoms with E-state index in [1.54, 1.807) is 0 Å². The van der Waals surface area contributed by atoms with Crippen LogP contribution < -0.4 is 4.72 Å². The molecular formula is C17H27NO3S. The van der Waals surface area contributed by atoms with Gasteiger partial charge in [-0.3, -0.25) is 4.79 Å². The van der Waals surface area contributed by atoms with Crippen LogP contribution in [0, 0.1) is 5.92 Å². The molecule has 0 saturated carbocycles. The second kappa shape index (κ2) is 8.44. The number of methoxy groups -OCH3 is 1. The molecule has 0 aromatic heterocycles. The molecule has 0 saturated heterocycles. The third kappa shape index (κ3) is 6.28. The molecule has 4 nitrogen and oxygen atoms in total. The summed E-state index contributed by atoms with van der Waals surface area (Å²) in [6.45, 7) is 7.63. The SMILES string of the molecule is COC(=O)[C@@H](C)C[C@H](Cc1ccccc1)N[S@@](=O)C(C)(C)C. The number of hydrogen-bond donors (Lipinski definition) is 1. The molecule has 0 aliphatic heterocycles. The van der Waals surface area contributed by atoms with Gasteiger partial charge < -0.3 is 4.74 Å². The second-order valence-corrected chi connectivity index (χ2v) is 8.54. The smallest absolute Gasteiger partial charge is 0.308 e. The minimum absolute atomic E-state index is 0.0449. The molecule has 124 valence electrons. The lowest BCUT2D eigenvalue weighted by molar-refractivity contribution is -0.145. The molecule has 1 aromatic rings. The van der Waals surface area contributed by atoms with Gasteiger partial charge >= 0.3 is 5.97 Å². The van der Waals surface area contributed by atoms with E-state index in [0.29, 0.717) is 6.42 Å². The molecule has 0 spiro atoms. The molecule has 3 atom stereocenters. The summed E-state index contributed by atoms with van der Waals surface area (Å²) in [6, 6.07) is 9.97. The minimum Gasteiger partial charge on any atom is -0.469 e. The maximum absolute atomic E-state index is 12.4. The highest BCUT2D eigenvalue weighted by molar-refractivity contribution is 7.84. The van der Waals surface area contributed by atoms with Crippen LogP contribution in [-0.4, -0.2) is 28.1 Å². The number of hydrogen-bond acceptors (Lipinski definition) is 3. The van der Waals surface area contributed by atoms with Crippen molar-refractivity contribution in [1.29, 1.82) is 0 Å². The Morgan fingerprint density at radius 1 is 1.27 bits per heavy atom. The average Bonchev–Trinajstić information content (AvgIpc) is 2.46. The van der Waals surface area contributed by atoms with Gasteiger partial charge in [0.05, 0.1) is 28.8 Å². The monoisotopic (exact) mass is 325 g/mol. The van der Waals surface area contributed by atoms with Crippen molar-refractivity contribution in [3.63, 3.8) is 0 Å². The van der Waals surface area contributed by atoms with Crippen LogP contribution in [0.5, 0.6) is 0 Å². The largest absolute Gasteiger partial charge is 0.469 e. The fourth-order valence-electron chi connectivity index (χ4n) is 2.12. The molecule has 0 bridgehead atoms. The second-order valence-electron chi connectivity index (χ2n) is 6.55. The summed E-state index contributed by atoms with van der Waals surface area (Å²) in [5.41, 5.74) is 1.16. The van der Waals surface area contributed by atoms with E-state index in [-0.39, 0.29) is 22.7 Å². The molecule has 0 unspecified atom stereocenters. The molecule has 0 heterocycles. The van der Waals surface area contributed by atoms with Crippen molar-refractivity contribution in [2.45, 2.75) is 51.3 Å². The Hall–Kier alpha value is -1.20. The molecule has 1 aromatic carbocycles. The van der Waals surface area contributed by atoms with Crippen LogP contribution in [-0.2, 0) is 26.9 Å². The normalized spacial score (nSPS) is 15.9. The lowest BCUT2D eigenvalue weighted by Gasteiger charge is -2.25. The highest BCUT2D eigenvalue weighted by atomic mass is 32.2. The van der Waals surface area contributed by atoms with Gasteiger partial charge in [-0.1, -0.05) is 37.3 Å². The molecule has 0 amide bonds. The van der Waals surface area contributed by atoms with Crippen molar-refractivity contribution < 1.29 is 13.7 Å². The van der Waals surface area contributed by atoms with Gasteiger partial charge in [0.15, 0.2) is 0 Å². The molecule has 0 fully saturated rings. The maximum atomic E-state index is 12.4. The summed E-state index contributed by atoms with van der Waals surface area (Å²) >= 11 is 0. The van der Waals surface area contributed by atoms with Crippen molar-refractivity contribution in [1.82, 2.24) is 4.72 Å². The van der Waals surface area contributed by atoms with E-state index in [1.165, 1.54) is 7.11 Å². The first-order chi connectivity index (χ1) is 10.2. The van der Waals surface area contributed by atoms with E-state index < -0.39 is 11.0 Å². The summed E-state index contributed by atoms with van der Waals surface area (Å²) in [6.07, 6.45) is 1.31. The first-order valence-corrected chi connectivity index (χ1v) is 8.68. The van der Waals surface area contributed by atoms with E-state index in [2.05, 4.69) is 4.72 Å². The lowest BCUT2D eigenvalue weighted by Crippen LogP contribution is -2.42. The lowest BCUT2D eigenvalue weighted by atomic mass is 9.97. The van der Waals surface area contributed by atoms with Crippen LogP contribution in [0.2, 0.25) is 0 Å². The molecule has 1 N–H and O–H groups in total. The van der Waals surface area contributed by atoms with Gasteiger partial charge in [-0.15, -0.1) is 0 Å². The number of carbonyl (C=O) groups excluding carboxylic acids is 1. The molecule has 1 rings (SSSR count). The number of rotatable bonds is 7. The first-order valence-electron chi connectivity index (χ1n) is 7.54. The quantitative estimate of drug-likeness (QED) is 0.784. The number of esters is 1. The van der Waals surface area contributed by atoms with E-state index in [0.717, 1.165) is 12.0 Å². The van der Waals surface area contributed by atoms with Gasteiger partial charge in [0.2, 0.25) is 0 Å². The van der Waals surface area contributed by atoms with Crippen LogP contribution >= 0.6 is 0 Å². The summed E-state index contributed by atoms with van der Waals surface area (Å²) in [7, 11) is 0.220. The van der Waals surface area contributed by atoms with E-state index in [4.69, 9.17) is 4.74 Å². The van der Waals surface area contributed by atoms with E-state index in [9.17, 15) is 9.00 Å². The molecule has 0 aliphatic carbocycles. The molecule has 0 radical (unpaired) electrons. The van der Waals surface area contributed by atoms with Gasteiger partial charge in [0.1, 0.15) is 0 Å². The third-order valence-corrected chi connectivity index (χ3v) is 5.06. The van der Waals surface area contributed by atoms with E-state index in [1.807, 2.05) is 58.0 Å². The minimum atomic E-state index is -1.17. The highest BCUT2D eigenvalue weighted by Crippen LogP contribution is 2.16. The predicted octanol–water partition coefficient (Wildman–Crippen LogP) is 2.85. The summed E-state index contributed by atoms with van der Waals surface area (Å²) < 4.78 is 20.0. The molecule has 0 aliphatic rings. The van der Waals surface area contributed by atoms with Crippen LogP contribution in [0.25, 0.3) is 0 Å². The topological polar surface area (TPSA) is 55.4 Å². The zero-order valence-electron chi connectivity index (χ0n) is 14.1. The van der Waals surface area contributed by atoms with E-state index >= 15 is 0 Å². The zero-order valence-corrected chi connectivity index (χ0v) is 14.9. The Morgan fingerprint density at radius 2 is 1.86 bits per heavy atom. The maximum Gasteiger partial charge on any atom is 0.308 e. The Morgan fingerprint density at radius 3 is 2.36 bits per heavy atom. The van der Waals surface area contributed by atoms with Gasteiger partial charge in [0.25, 0.3) is 0 Å². The number of carbonyl (C=O) groups is 1. The fourth-order valence-corrected chi connectivity index (χ4v) is 2.96. The predicted molar refractivity (Wildman–Crippen MR) is 90.8 cm³/mol. The van der Waals surface area contributed by atoms with Crippen LogP contribution in [0.4, 0.5) is 0 Å². The Kier molecular flexibility index (Phi) is 7.23. The standard InChI is InChI=1S/C17H27NO3S/c1-13(16(19)21-5)11-15(18-22(20)17(2,3)4)12-14-9-7-6-8-10-14/h6-10,13,15,18H,11-12H2,1-5H3/t13-,15+,22-/m0/s1. The van der Waals surface area contributed by atoms with Gasteiger partial charge in [0, 0.05) is 6.04 Å². The third-order valence-electron chi connectivity index (χ3n) is 3.40. The summed E-state index contributed by atoms with van der Waals surface area (Å²) in [5, 5.41) is 0. The first kappa shape index (κ1) is 18.8. The van der Waals surface area contributed by atoms with Gasteiger partial charge in [-0.25, -0.2) is 8.93 Å². The summed E-state index contributed by atoms with van der Waals surface area (Å²) in [4.78, 5) is 11.7. The molecule has 22 heavy (non-hydrogen) atoms. The van der Waals surface area contributed by atoms with Crippen molar-refractivity contribution >= 4 is 17.0 Å². The number of nitrogens with one attached hydrogen (secondary N) is 1. The van der Waals surface area contributed by atoms with Gasteiger partial charge in [-0.05, 0) is 39.2 Å². The fraction of sp³-hybridized carbons (Fsp3) is 0.588. The van der Waals surface area contributed by atoms with Crippen molar-refractivity contribution in [2.75, 3.05) is 7.11 Å². The Bertz CT molecular complexity index is 496.